The van der Waals surface area contributed by atoms with Crippen LogP contribution in [-0.4, -0.2) is 17.5 Å². The molecule has 5 aliphatic rings. The van der Waals surface area contributed by atoms with Gasteiger partial charge in [-0.1, -0.05) is 60.1 Å². The van der Waals surface area contributed by atoms with Gasteiger partial charge in [-0.2, -0.15) is 0 Å². The number of aliphatic hydroxyl groups is 1. The van der Waals surface area contributed by atoms with Crippen LogP contribution in [-0.2, 0) is 4.79 Å². The van der Waals surface area contributed by atoms with Gasteiger partial charge in [-0.05, 0) is 109 Å². The lowest BCUT2D eigenvalue weighted by molar-refractivity contribution is -0.202. The number of hydrogen-bond acceptors (Lipinski definition) is 2. The summed E-state index contributed by atoms with van der Waals surface area (Å²) < 4.78 is 0. The van der Waals surface area contributed by atoms with Crippen LogP contribution in [0, 0.1) is 50.2 Å². The summed E-state index contributed by atoms with van der Waals surface area (Å²) in [6.07, 6.45) is 15.4. The molecule has 0 amide bonds. The molecule has 0 unspecified atom stereocenters. The Bertz CT molecular complexity index is 838. The highest BCUT2D eigenvalue weighted by Crippen LogP contribution is 2.75. The maximum absolute atomic E-state index is 12.6. The van der Waals surface area contributed by atoms with Crippen molar-refractivity contribution < 1.29 is 9.90 Å². The van der Waals surface area contributed by atoms with Crippen LogP contribution >= 0.6 is 0 Å². The second-order valence-electron chi connectivity index (χ2n) is 14.9. The molecule has 5 aliphatic carbocycles. The fourth-order valence-electron chi connectivity index (χ4n) is 10.5. The second kappa shape index (κ2) is 6.73. The summed E-state index contributed by atoms with van der Waals surface area (Å²) in [6, 6.07) is 0. The number of carbonyl (C=O) groups is 1. The first-order chi connectivity index (χ1) is 14.8. The highest BCUT2D eigenvalue weighted by Gasteiger charge is 2.68. The highest BCUT2D eigenvalue weighted by molar-refractivity contribution is 5.63. The largest absolute Gasteiger partial charge is 0.393 e. The van der Waals surface area contributed by atoms with Crippen LogP contribution in [0.1, 0.15) is 113 Å². The summed E-state index contributed by atoms with van der Waals surface area (Å²) in [7, 11) is 0. The lowest BCUT2D eigenvalue weighted by Gasteiger charge is -2.71. The third-order valence-electron chi connectivity index (χ3n) is 12.9. The van der Waals surface area contributed by atoms with E-state index in [1.54, 1.807) is 5.57 Å². The van der Waals surface area contributed by atoms with Gasteiger partial charge < -0.3 is 9.90 Å². The van der Waals surface area contributed by atoms with Gasteiger partial charge in [-0.3, -0.25) is 0 Å². The van der Waals surface area contributed by atoms with Crippen LogP contribution in [0.4, 0.5) is 0 Å². The molecule has 4 fully saturated rings. The minimum absolute atomic E-state index is 0.00581. The molecule has 0 saturated heterocycles. The summed E-state index contributed by atoms with van der Waals surface area (Å²) in [4.78, 5) is 12.6. The van der Waals surface area contributed by atoms with Crippen LogP contribution in [0.5, 0.6) is 0 Å². The van der Waals surface area contributed by atoms with Crippen molar-refractivity contribution >= 4 is 6.29 Å². The number of aldehydes is 1. The second-order valence-corrected chi connectivity index (χ2v) is 14.9. The number of fused-ring (bicyclic) bond motifs is 7. The van der Waals surface area contributed by atoms with Crippen molar-refractivity contribution in [2.75, 3.05) is 0 Å². The Morgan fingerprint density at radius 3 is 2.25 bits per heavy atom. The quantitative estimate of drug-likeness (QED) is 0.342. The molecule has 5 rings (SSSR count). The van der Waals surface area contributed by atoms with Gasteiger partial charge in [0.05, 0.1) is 6.10 Å². The zero-order valence-corrected chi connectivity index (χ0v) is 21.9. The first kappa shape index (κ1) is 23.1. The highest BCUT2D eigenvalue weighted by atomic mass is 16.3. The molecule has 0 radical (unpaired) electrons. The molecule has 0 spiro atoms. The van der Waals surface area contributed by atoms with Crippen LogP contribution in [0.2, 0.25) is 0 Å². The number of aliphatic hydroxyl groups excluding tert-OH is 1. The van der Waals surface area contributed by atoms with Crippen molar-refractivity contribution in [3.8, 4) is 0 Å². The van der Waals surface area contributed by atoms with E-state index in [2.05, 4.69) is 54.5 Å². The fourth-order valence-corrected chi connectivity index (χ4v) is 10.5. The van der Waals surface area contributed by atoms with E-state index in [-0.39, 0.29) is 27.8 Å². The zero-order valence-electron chi connectivity index (χ0n) is 21.9. The molecule has 0 aromatic rings. The van der Waals surface area contributed by atoms with E-state index in [1.807, 2.05) is 0 Å². The van der Waals surface area contributed by atoms with E-state index in [0.717, 1.165) is 25.7 Å². The Morgan fingerprint density at radius 2 is 1.56 bits per heavy atom. The molecule has 2 nitrogen and oxygen atoms in total. The molecular weight excluding hydrogens is 392 g/mol. The molecule has 0 aliphatic heterocycles. The van der Waals surface area contributed by atoms with E-state index in [0.29, 0.717) is 28.6 Å². The molecule has 4 saturated carbocycles. The van der Waals surface area contributed by atoms with Gasteiger partial charge in [0.2, 0.25) is 0 Å². The molecule has 32 heavy (non-hydrogen) atoms. The molecule has 0 aromatic carbocycles. The van der Waals surface area contributed by atoms with Gasteiger partial charge in [-0.15, -0.1) is 0 Å². The summed E-state index contributed by atoms with van der Waals surface area (Å²) in [5, 5.41) is 10.9. The van der Waals surface area contributed by atoms with Crippen LogP contribution < -0.4 is 0 Å². The summed E-state index contributed by atoms with van der Waals surface area (Å²) in [5.41, 5.74) is 2.69. The first-order valence-electron chi connectivity index (χ1n) is 13.6. The fraction of sp³-hybridized carbons (Fsp3) is 0.900. The lowest BCUT2D eigenvalue weighted by atomic mass is 9.33. The zero-order chi connectivity index (χ0) is 23.4. The van der Waals surface area contributed by atoms with Gasteiger partial charge >= 0.3 is 0 Å². The van der Waals surface area contributed by atoms with Gasteiger partial charge in [0.1, 0.15) is 6.29 Å². The molecule has 180 valence electrons. The van der Waals surface area contributed by atoms with Crippen LogP contribution in [0.3, 0.4) is 0 Å². The van der Waals surface area contributed by atoms with Crippen molar-refractivity contribution in [1.29, 1.82) is 0 Å². The minimum Gasteiger partial charge on any atom is -0.393 e. The predicted octanol–water partition coefficient (Wildman–Crippen LogP) is 7.35. The molecule has 0 bridgehead atoms. The van der Waals surface area contributed by atoms with E-state index in [4.69, 9.17) is 0 Å². The average Bonchev–Trinajstić information content (AvgIpc) is 2.71. The van der Waals surface area contributed by atoms with Gasteiger partial charge in [-0.25, -0.2) is 0 Å². The van der Waals surface area contributed by atoms with E-state index in [1.165, 1.54) is 44.8 Å². The van der Waals surface area contributed by atoms with Gasteiger partial charge in [0.15, 0.2) is 0 Å². The SMILES string of the molecule is CC1(C)CC[C@]2(C=O)CC[C@]3(C)C(=CC[C@@H]4[C@@]5(C)CC[C@H](O)C(C)(C)[C@@H]5CC[C@]43C)[C@H]2C1. The van der Waals surface area contributed by atoms with Gasteiger partial charge in [0.25, 0.3) is 0 Å². The predicted molar refractivity (Wildman–Crippen MR) is 131 cm³/mol. The molecule has 0 heterocycles. The van der Waals surface area contributed by atoms with E-state index >= 15 is 0 Å². The molecular formula is C30H48O2. The minimum atomic E-state index is -0.164. The number of hydrogen-bond donors (Lipinski definition) is 1. The lowest BCUT2D eigenvalue weighted by Crippen LogP contribution is -2.64. The standard InChI is InChI=1S/C30H48O2/c1-25(2)14-16-30(19-31)17-15-28(6)20(21(30)18-25)8-9-23-27(5)12-11-24(32)26(3,4)22(27)10-13-29(23,28)7/h8,19,21-24,32H,9-18H2,1-7H3/t21-,22+,23-,24+,27+,28-,29-,30-/m1/s1. The van der Waals surface area contributed by atoms with Crippen molar-refractivity contribution in [3.05, 3.63) is 11.6 Å². The van der Waals surface area contributed by atoms with Gasteiger partial charge in [0, 0.05) is 5.41 Å². The van der Waals surface area contributed by atoms with E-state index in [9.17, 15) is 9.90 Å². The Morgan fingerprint density at radius 1 is 0.875 bits per heavy atom. The van der Waals surface area contributed by atoms with Crippen molar-refractivity contribution in [2.45, 2.75) is 119 Å². The molecule has 8 atom stereocenters. The number of allylic oxidation sites excluding steroid dienone is 2. The number of rotatable bonds is 1. The maximum atomic E-state index is 12.6. The Kier molecular flexibility index (Phi) is 4.87. The average molecular weight is 441 g/mol. The number of carbonyl (C=O) groups excluding carboxylic acids is 1. The topological polar surface area (TPSA) is 37.3 Å². The molecule has 1 N–H and O–H groups in total. The Hall–Kier alpha value is -0.630. The molecule has 2 heteroatoms. The van der Waals surface area contributed by atoms with Crippen LogP contribution in [0.15, 0.2) is 11.6 Å². The first-order valence-corrected chi connectivity index (χ1v) is 13.6. The third kappa shape index (κ3) is 2.71. The smallest absolute Gasteiger partial charge is 0.126 e. The van der Waals surface area contributed by atoms with Crippen molar-refractivity contribution in [3.63, 3.8) is 0 Å². The Balaban J connectivity index is 1.59. The third-order valence-corrected chi connectivity index (χ3v) is 12.9. The van der Waals surface area contributed by atoms with Crippen molar-refractivity contribution in [2.24, 2.45) is 50.2 Å². The summed E-state index contributed by atoms with van der Waals surface area (Å²) >= 11 is 0. The summed E-state index contributed by atoms with van der Waals surface area (Å²) in [6.45, 7) is 17.3. The maximum Gasteiger partial charge on any atom is 0.126 e. The molecule has 0 aromatic heterocycles. The Labute approximate surface area is 197 Å². The van der Waals surface area contributed by atoms with E-state index < -0.39 is 0 Å². The van der Waals surface area contributed by atoms with Crippen LogP contribution in [0.25, 0.3) is 0 Å². The normalized spacial score (nSPS) is 53.7. The van der Waals surface area contributed by atoms with Crippen molar-refractivity contribution in [1.82, 2.24) is 0 Å². The summed E-state index contributed by atoms with van der Waals surface area (Å²) in [5.74, 6) is 1.71. The monoisotopic (exact) mass is 440 g/mol.